The average Bonchev–Trinajstić information content (AvgIpc) is 2.38. The lowest BCUT2D eigenvalue weighted by atomic mass is 10.0. The molecule has 0 rings (SSSR count). The number of esters is 2. The van der Waals surface area contributed by atoms with Crippen LogP contribution in [-0.2, 0) is 23.8 Å². The highest BCUT2D eigenvalue weighted by atomic mass is 16.6. The largest absolute Gasteiger partial charge is 0.460 e. The number of carbonyl (C=O) groups excluding carboxylic acids is 2. The number of hydrogen-bond acceptors (Lipinski definition) is 5. The molecular weight excluding hydrogens is 296 g/mol. The molecule has 0 aromatic heterocycles. The third kappa shape index (κ3) is 9.59. The molecule has 0 N–H and O–H groups in total. The van der Waals surface area contributed by atoms with Gasteiger partial charge in [-0.05, 0) is 40.0 Å². The summed E-state index contributed by atoms with van der Waals surface area (Å²) >= 11 is 0. The molecule has 0 aliphatic carbocycles. The monoisotopic (exact) mass is 330 g/mol. The molecule has 0 amide bonds. The van der Waals surface area contributed by atoms with Crippen LogP contribution in [0.5, 0.6) is 0 Å². The first-order valence-electron chi connectivity index (χ1n) is 8.51. The van der Waals surface area contributed by atoms with E-state index in [1.807, 2.05) is 27.7 Å². The van der Waals surface area contributed by atoms with Gasteiger partial charge >= 0.3 is 11.9 Å². The van der Waals surface area contributed by atoms with Crippen LogP contribution in [0.4, 0.5) is 0 Å². The van der Waals surface area contributed by atoms with Crippen molar-refractivity contribution in [3.8, 4) is 0 Å². The Morgan fingerprint density at radius 3 is 2.04 bits per heavy atom. The third-order valence-electron chi connectivity index (χ3n) is 3.25. The highest BCUT2D eigenvalue weighted by molar-refractivity contribution is 5.79. The zero-order valence-corrected chi connectivity index (χ0v) is 16.0. The molecule has 0 saturated heterocycles. The van der Waals surface area contributed by atoms with Crippen LogP contribution in [0, 0.1) is 11.8 Å². The zero-order valence-electron chi connectivity index (χ0n) is 16.0. The molecule has 0 fully saturated rings. The van der Waals surface area contributed by atoms with Crippen LogP contribution < -0.4 is 0 Å². The maximum absolute atomic E-state index is 12.3. The van der Waals surface area contributed by atoms with Crippen molar-refractivity contribution < 1.29 is 23.8 Å². The van der Waals surface area contributed by atoms with Crippen LogP contribution in [0.15, 0.2) is 0 Å². The maximum Gasteiger partial charge on any atom is 0.309 e. The maximum atomic E-state index is 12.3. The van der Waals surface area contributed by atoms with Gasteiger partial charge in [0.15, 0.2) is 0 Å². The van der Waals surface area contributed by atoms with E-state index in [9.17, 15) is 9.59 Å². The van der Waals surface area contributed by atoms with E-state index in [-0.39, 0.29) is 30.5 Å². The van der Waals surface area contributed by atoms with Gasteiger partial charge in [-0.25, -0.2) is 0 Å². The van der Waals surface area contributed by atoms with E-state index in [0.717, 1.165) is 6.42 Å². The number of ether oxygens (including phenoxy) is 3. The quantitative estimate of drug-likeness (QED) is 0.603. The summed E-state index contributed by atoms with van der Waals surface area (Å²) in [7, 11) is 0. The average molecular weight is 330 g/mol. The predicted molar refractivity (Wildman–Crippen MR) is 90.0 cm³/mol. The second kappa shape index (κ2) is 9.91. The molecule has 0 radical (unpaired) electrons. The van der Waals surface area contributed by atoms with Crippen LogP contribution in [0.25, 0.3) is 0 Å². The van der Waals surface area contributed by atoms with Gasteiger partial charge in [0.2, 0.25) is 0 Å². The van der Waals surface area contributed by atoms with E-state index in [1.54, 1.807) is 27.7 Å². The van der Waals surface area contributed by atoms with Gasteiger partial charge in [-0.2, -0.15) is 0 Å². The van der Waals surface area contributed by atoms with Crippen molar-refractivity contribution in [3.05, 3.63) is 0 Å². The summed E-state index contributed by atoms with van der Waals surface area (Å²) < 4.78 is 16.5. The molecule has 0 aliphatic heterocycles. The number of carbonyl (C=O) groups is 2. The highest BCUT2D eigenvalue weighted by Crippen LogP contribution is 2.18. The summed E-state index contributed by atoms with van der Waals surface area (Å²) in [5.41, 5.74) is -0.552. The first-order valence-corrected chi connectivity index (χ1v) is 8.51. The normalized spacial score (nSPS) is 15.9. The van der Waals surface area contributed by atoms with Crippen molar-refractivity contribution in [2.45, 2.75) is 86.0 Å². The SMILES string of the molecule is CCCO[C@@H](C)[C@@H](OC(=O)[C@H](C)CC(=O)OC(C)(C)C)C(C)C. The highest BCUT2D eigenvalue weighted by Gasteiger charge is 2.29. The molecule has 3 atom stereocenters. The van der Waals surface area contributed by atoms with Gasteiger partial charge in [0.25, 0.3) is 0 Å². The van der Waals surface area contributed by atoms with Gasteiger partial charge in [0.05, 0.1) is 18.4 Å². The Hall–Kier alpha value is -1.10. The van der Waals surface area contributed by atoms with E-state index >= 15 is 0 Å². The Balaban J connectivity index is 4.58. The number of hydrogen-bond donors (Lipinski definition) is 0. The van der Waals surface area contributed by atoms with Gasteiger partial charge in [0, 0.05) is 6.61 Å². The minimum atomic E-state index is -0.552. The van der Waals surface area contributed by atoms with Gasteiger partial charge in [-0.1, -0.05) is 27.7 Å². The second-order valence-corrected chi connectivity index (χ2v) is 7.41. The summed E-state index contributed by atoms with van der Waals surface area (Å²) in [5.74, 6) is -1.18. The molecule has 0 aromatic carbocycles. The Morgan fingerprint density at radius 2 is 1.61 bits per heavy atom. The van der Waals surface area contributed by atoms with Crippen LogP contribution in [-0.4, -0.2) is 36.4 Å². The van der Waals surface area contributed by atoms with Crippen LogP contribution in [0.2, 0.25) is 0 Å². The zero-order chi connectivity index (χ0) is 18.2. The van der Waals surface area contributed by atoms with E-state index < -0.39 is 17.5 Å². The van der Waals surface area contributed by atoms with Gasteiger partial charge in [0.1, 0.15) is 11.7 Å². The van der Waals surface area contributed by atoms with Crippen LogP contribution in [0.1, 0.15) is 68.2 Å². The van der Waals surface area contributed by atoms with E-state index in [1.165, 1.54) is 0 Å². The van der Waals surface area contributed by atoms with E-state index in [2.05, 4.69) is 0 Å². The van der Waals surface area contributed by atoms with Gasteiger partial charge in [-0.3, -0.25) is 9.59 Å². The fourth-order valence-electron chi connectivity index (χ4n) is 2.14. The van der Waals surface area contributed by atoms with Crippen molar-refractivity contribution in [3.63, 3.8) is 0 Å². The third-order valence-corrected chi connectivity index (χ3v) is 3.25. The fourth-order valence-corrected chi connectivity index (χ4v) is 2.14. The van der Waals surface area contributed by atoms with E-state index in [0.29, 0.717) is 6.61 Å². The Kier molecular flexibility index (Phi) is 9.44. The van der Waals surface area contributed by atoms with Crippen LogP contribution in [0.3, 0.4) is 0 Å². The molecule has 0 spiro atoms. The van der Waals surface area contributed by atoms with Gasteiger partial charge in [-0.15, -0.1) is 0 Å². The molecule has 0 aromatic rings. The van der Waals surface area contributed by atoms with Crippen LogP contribution >= 0.6 is 0 Å². The first kappa shape index (κ1) is 21.9. The minimum Gasteiger partial charge on any atom is -0.460 e. The summed E-state index contributed by atoms with van der Waals surface area (Å²) in [5, 5.41) is 0. The molecule has 0 bridgehead atoms. The topological polar surface area (TPSA) is 61.8 Å². The Morgan fingerprint density at radius 1 is 1.04 bits per heavy atom. The smallest absolute Gasteiger partial charge is 0.309 e. The van der Waals surface area contributed by atoms with Crippen molar-refractivity contribution in [1.82, 2.24) is 0 Å². The molecule has 23 heavy (non-hydrogen) atoms. The molecule has 5 nitrogen and oxygen atoms in total. The number of rotatable bonds is 9. The van der Waals surface area contributed by atoms with Crippen molar-refractivity contribution in [2.24, 2.45) is 11.8 Å². The Labute approximate surface area is 141 Å². The van der Waals surface area contributed by atoms with Crippen molar-refractivity contribution in [1.29, 1.82) is 0 Å². The van der Waals surface area contributed by atoms with Crippen molar-refractivity contribution in [2.75, 3.05) is 6.61 Å². The molecule has 5 heteroatoms. The van der Waals surface area contributed by atoms with E-state index in [4.69, 9.17) is 14.2 Å². The molecule has 0 aliphatic rings. The standard InChI is InChI=1S/C18H34O5/c1-9-10-21-14(5)16(12(2)3)22-17(20)13(4)11-15(19)23-18(6,7)8/h12-14,16H,9-11H2,1-8H3/t13-,14+,16+/m1/s1. The fraction of sp³-hybridized carbons (Fsp3) is 0.889. The lowest BCUT2D eigenvalue weighted by Crippen LogP contribution is -2.37. The summed E-state index contributed by atoms with van der Waals surface area (Å²) in [6, 6.07) is 0. The molecule has 0 heterocycles. The van der Waals surface area contributed by atoms with Crippen molar-refractivity contribution >= 4 is 11.9 Å². The first-order chi connectivity index (χ1) is 10.5. The molecular formula is C18H34O5. The summed E-state index contributed by atoms with van der Waals surface area (Å²) in [6.45, 7) is 15.6. The second-order valence-electron chi connectivity index (χ2n) is 7.41. The summed E-state index contributed by atoms with van der Waals surface area (Å²) in [6.07, 6.45) is 0.436. The lowest BCUT2D eigenvalue weighted by Gasteiger charge is -2.28. The predicted octanol–water partition coefficient (Wildman–Crippen LogP) is 3.74. The summed E-state index contributed by atoms with van der Waals surface area (Å²) in [4.78, 5) is 24.1. The Bertz CT molecular complexity index is 370. The molecule has 0 saturated carbocycles. The molecule has 0 unspecified atom stereocenters. The minimum absolute atomic E-state index is 0.0190. The lowest BCUT2D eigenvalue weighted by molar-refractivity contribution is -0.170. The molecule has 136 valence electrons. The van der Waals surface area contributed by atoms with Gasteiger partial charge < -0.3 is 14.2 Å².